The highest BCUT2D eigenvalue weighted by Gasteiger charge is 2.72. The van der Waals surface area contributed by atoms with E-state index in [9.17, 15) is 66.4 Å². The topological polar surface area (TPSA) is 300 Å². The van der Waals surface area contributed by atoms with E-state index in [1.165, 1.54) is 0 Å². The van der Waals surface area contributed by atoms with Crippen LogP contribution in [0.15, 0.2) is 0 Å². The van der Waals surface area contributed by atoms with Crippen LogP contribution in [0.5, 0.6) is 0 Å². The van der Waals surface area contributed by atoms with Crippen LogP contribution in [0.4, 0.5) is 0 Å². The molecule has 0 bridgehead atoms. The fourth-order valence-corrected chi connectivity index (χ4v) is 4.29. The van der Waals surface area contributed by atoms with Gasteiger partial charge in [-0.15, -0.1) is 0 Å². The molecule has 0 aromatic heterocycles. The number of aliphatic hydroxyl groups is 13. The Hall–Kier alpha value is -0.680. The predicted octanol–water partition coefficient (Wildman–Crippen LogP) is -8.91. The number of ether oxygens (including phenoxy) is 4. The molecule has 200 valence electrons. The maximum Gasteiger partial charge on any atom is 0.230 e. The van der Waals surface area contributed by atoms with Crippen molar-refractivity contribution in [3.8, 4) is 0 Å². The van der Waals surface area contributed by atoms with Gasteiger partial charge in [0.1, 0.15) is 61.0 Å². The fourth-order valence-electron chi connectivity index (χ4n) is 4.29. The van der Waals surface area contributed by atoms with E-state index in [0.717, 1.165) is 0 Å². The third kappa shape index (κ3) is 4.15. The Morgan fingerprint density at radius 2 is 1.24 bits per heavy atom. The number of hydrogen-bond donors (Lipinski definition) is 13. The lowest BCUT2D eigenvalue weighted by Gasteiger charge is -2.59. The second kappa shape index (κ2) is 10.00. The van der Waals surface area contributed by atoms with Gasteiger partial charge in [-0.05, 0) is 0 Å². The van der Waals surface area contributed by atoms with Gasteiger partial charge >= 0.3 is 0 Å². The molecule has 0 spiro atoms. The van der Waals surface area contributed by atoms with E-state index >= 15 is 0 Å². The smallest absolute Gasteiger partial charge is 0.230 e. The molecule has 0 radical (unpaired) electrons. The van der Waals surface area contributed by atoms with Crippen LogP contribution in [-0.4, -0.2) is 171 Å². The maximum absolute atomic E-state index is 11.3. The Bertz CT molecular complexity index is 697. The fraction of sp³-hybridized carbons (Fsp3) is 1.00. The highest BCUT2D eigenvalue weighted by Crippen LogP contribution is 2.46. The lowest BCUT2D eigenvalue weighted by Crippen LogP contribution is -2.82. The summed E-state index contributed by atoms with van der Waals surface area (Å²) in [7, 11) is 0. The zero-order valence-electron chi connectivity index (χ0n) is 17.4. The van der Waals surface area contributed by atoms with Gasteiger partial charge in [-0.25, -0.2) is 0 Å². The molecule has 0 aromatic carbocycles. The quantitative estimate of drug-likeness (QED) is 0.165. The molecule has 3 aliphatic rings. The van der Waals surface area contributed by atoms with E-state index in [4.69, 9.17) is 18.9 Å². The summed E-state index contributed by atoms with van der Waals surface area (Å²) < 4.78 is 20.4. The van der Waals surface area contributed by atoms with Crippen LogP contribution in [0, 0.1) is 0 Å². The van der Waals surface area contributed by atoms with Crippen molar-refractivity contribution in [2.24, 2.45) is 0 Å². The van der Waals surface area contributed by atoms with Gasteiger partial charge in [-0.1, -0.05) is 0 Å². The summed E-state index contributed by atoms with van der Waals surface area (Å²) in [6, 6.07) is 0. The molecule has 3 rings (SSSR count). The second-order valence-corrected chi connectivity index (χ2v) is 8.42. The molecule has 0 aromatic rings. The Balaban J connectivity index is 2.06. The molecular weight excluding hydrogens is 476 g/mol. The molecular formula is C17H30O17. The van der Waals surface area contributed by atoms with Crippen LogP contribution in [-0.2, 0) is 18.9 Å². The van der Waals surface area contributed by atoms with E-state index in [-0.39, 0.29) is 0 Å². The second-order valence-electron chi connectivity index (χ2n) is 8.42. The monoisotopic (exact) mass is 506 g/mol. The summed E-state index contributed by atoms with van der Waals surface area (Å²) in [5, 5.41) is 132. The highest BCUT2D eigenvalue weighted by molar-refractivity contribution is 5.15. The summed E-state index contributed by atoms with van der Waals surface area (Å²) >= 11 is 0. The molecule has 3 heterocycles. The van der Waals surface area contributed by atoms with Crippen LogP contribution in [0.1, 0.15) is 0 Å². The first kappa shape index (κ1) is 27.9. The molecule has 0 aliphatic carbocycles. The molecule has 6 unspecified atom stereocenters. The summed E-state index contributed by atoms with van der Waals surface area (Å²) in [5.74, 6) is -3.39. The summed E-state index contributed by atoms with van der Waals surface area (Å²) in [5.41, 5.74) is -3.05. The van der Waals surface area contributed by atoms with Gasteiger partial charge in [0.05, 0.1) is 13.2 Å². The number of aliphatic hydroxyl groups excluding tert-OH is 12. The first-order valence-corrected chi connectivity index (χ1v) is 10.2. The minimum atomic E-state index is -3.39. The minimum Gasteiger partial charge on any atom is -0.394 e. The van der Waals surface area contributed by atoms with Crippen molar-refractivity contribution in [3.05, 3.63) is 0 Å². The van der Waals surface area contributed by atoms with Gasteiger partial charge in [-0.2, -0.15) is 0 Å². The van der Waals surface area contributed by atoms with E-state index in [1.807, 2.05) is 0 Å². The summed E-state index contributed by atoms with van der Waals surface area (Å²) in [4.78, 5) is 0. The molecule has 15 atom stereocenters. The number of rotatable bonds is 5. The molecule has 3 saturated heterocycles. The van der Waals surface area contributed by atoms with Crippen molar-refractivity contribution in [1.82, 2.24) is 0 Å². The van der Waals surface area contributed by atoms with Gasteiger partial charge in [-0.3, -0.25) is 0 Å². The van der Waals surface area contributed by atoms with Crippen LogP contribution >= 0.6 is 0 Å². The lowest BCUT2D eigenvalue weighted by atomic mass is 9.74. The van der Waals surface area contributed by atoms with Crippen LogP contribution in [0.2, 0.25) is 0 Å². The molecule has 34 heavy (non-hydrogen) atoms. The van der Waals surface area contributed by atoms with Crippen LogP contribution in [0.25, 0.3) is 0 Å². The summed E-state index contributed by atoms with van der Waals surface area (Å²) in [6.07, 6.45) is -28.3. The predicted molar refractivity (Wildman–Crippen MR) is 97.6 cm³/mol. The van der Waals surface area contributed by atoms with Gasteiger partial charge in [0, 0.05) is 0 Å². The molecule has 17 heteroatoms. The SMILES string of the molecule is OC[C@H]1OC(O)([C@]2(CO)O[C@@H](O)[C@H](O)[C@H](O)[C@@H]2OC2OC(O)C(O)C(O)C2O)[C@H](O)[C@@H](O)[C@@H]1O. The zero-order valence-corrected chi connectivity index (χ0v) is 17.4. The van der Waals surface area contributed by atoms with Gasteiger partial charge < -0.3 is 85.3 Å². The average Bonchev–Trinajstić information content (AvgIpc) is 2.81. The molecule has 0 amide bonds. The maximum atomic E-state index is 11.3. The van der Waals surface area contributed by atoms with Gasteiger partial charge in [0.25, 0.3) is 0 Å². The van der Waals surface area contributed by atoms with Crippen molar-refractivity contribution in [3.63, 3.8) is 0 Å². The van der Waals surface area contributed by atoms with Crippen molar-refractivity contribution < 1.29 is 85.3 Å². The van der Waals surface area contributed by atoms with Crippen molar-refractivity contribution in [1.29, 1.82) is 0 Å². The highest BCUT2D eigenvalue weighted by atomic mass is 16.8. The van der Waals surface area contributed by atoms with E-state index in [2.05, 4.69) is 0 Å². The number of hydrogen-bond acceptors (Lipinski definition) is 17. The first-order valence-electron chi connectivity index (χ1n) is 10.2. The van der Waals surface area contributed by atoms with E-state index in [1.54, 1.807) is 0 Å². The van der Waals surface area contributed by atoms with E-state index < -0.39 is 105 Å². The molecule has 3 fully saturated rings. The first-order chi connectivity index (χ1) is 15.8. The van der Waals surface area contributed by atoms with Crippen molar-refractivity contribution >= 4 is 0 Å². The Kier molecular flexibility index (Phi) is 8.20. The van der Waals surface area contributed by atoms with Gasteiger partial charge in [0.15, 0.2) is 24.5 Å². The molecule has 0 saturated carbocycles. The Morgan fingerprint density at radius 3 is 1.79 bits per heavy atom. The molecule has 13 N–H and O–H groups in total. The zero-order chi connectivity index (χ0) is 25.7. The Labute approximate surface area is 190 Å². The molecule has 17 nitrogen and oxygen atoms in total. The standard InChI is InChI=1S/C17H30O17/c18-1-3-4(20)6(22)11(27)17(30,33-3)16(2-19)12(7(23)9(25)14(29)34-16)31-15-10(26)5(21)8(24)13(28)32-15/h3-15,18-30H,1-2H2/t3-,4-,5?,6+,7+,8?,9-,10?,11-,12+,13?,14-,15?,16-,17?/m1/s1. The third-order valence-corrected chi connectivity index (χ3v) is 6.38. The van der Waals surface area contributed by atoms with Crippen LogP contribution < -0.4 is 0 Å². The van der Waals surface area contributed by atoms with Gasteiger partial charge in [0.2, 0.25) is 5.79 Å². The van der Waals surface area contributed by atoms with E-state index in [0.29, 0.717) is 0 Å². The normalized spacial score (nSPS) is 56.9. The summed E-state index contributed by atoms with van der Waals surface area (Å²) in [6.45, 7) is -2.56. The largest absolute Gasteiger partial charge is 0.394 e. The van der Waals surface area contributed by atoms with Crippen LogP contribution in [0.3, 0.4) is 0 Å². The lowest BCUT2D eigenvalue weighted by molar-refractivity contribution is -0.470. The Morgan fingerprint density at radius 1 is 0.647 bits per heavy atom. The van der Waals surface area contributed by atoms with Crippen molar-refractivity contribution in [2.75, 3.05) is 13.2 Å². The molecule has 3 aliphatic heterocycles. The minimum absolute atomic E-state index is 1.05. The average molecular weight is 506 g/mol. The van der Waals surface area contributed by atoms with Crippen molar-refractivity contribution in [2.45, 2.75) is 91.3 Å². The third-order valence-electron chi connectivity index (χ3n) is 6.38.